The van der Waals surface area contributed by atoms with E-state index >= 15 is 0 Å². The average molecular weight is 178 g/mol. The first kappa shape index (κ1) is 8.98. The van der Waals surface area contributed by atoms with Gasteiger partial charge in [-0.1, -0.05) is 32.3 Å². The van der Waals surface area contributed by atoms with Crippen LogP contribution in [0.15, 0.2) is 12.2 Å². The third-order valence-electron chi connectivity index (χ3n) is 3.80. The number of carbonyl (C=O) groups is 1. The highest BCUT2D eigenvalue weighted by Gasteiger charge is 2.36. The first-order chi connectivity index (χ1) is 6.21. The van der Waals surface area contributed by atoms with Gasteiger partial charge in [0.15, 0.2) is 5.78 Å². The molecule has 1 nitrogen and oxygen atoms in total. The largest absolute Gasteiger partial charge is 0.295 e. The molecule has 2 rings (SSSR count). The van der Waals surface area contributed by atoms with Crippen LogP contribution in [0.5, 0.6) is 0 Å². The van der Waals surface area contributed by atoms with Crippen molar-refractivity contribution in [2.75, 3.05) is 0 Å². The van der Waals surface area contributed by atoms with E-state index in [1.807, 2.05) is 6.08 Å². The van der Waals surface area contributed by atoms with Crippen LogP contribution in [0.1, 0.15) is 45.4 Å². The van der Waals surface area contributed by atoms with E-state index in [-0.39, 0.29) is 0 Å². The van der Waals surface area contributed by atoms with Crippen molar-refractivity contribution in [1.29, 1.82) is 0 Å². The summed E-state index contributed by atoms with van der Waals surface area (Å²) >= 11 is 0. The average Bonchev–Trinajstić information content (AvgIpc) is 2.28. The van der Waals surface area contributed by atoms with E-state index in [4.69, 9.17) is 0 Å². The first-order valence-corrected chi connectivity index (χ1v) is 5.43. The Morgan fingerprint density at radius 1 is 1.38 bits per heavy atom. The molecule has 0 aliphatic heterocycles. The van der Waals surface area contributed by atoms with Gasteiger partial charge in [-0.2, -0.15) is 0 Å². The van der Waals surface area contributed by atoms with Gasteiger partial charge in [0.25, 0.3) is 0 Å². The summed E-state index contributed by atoms with van der Waals surface area (Å²) in [4.78, 5) is 11.3. The molecule has 0 spiro atoms. The van der Waals surface area contributed by atoms with Crippen molar-refractivity contribution in [3.8, 4) is 0 Å². The molecule has 0 unspecified atom stereocenters. The standard InChI is InChI=1S/C12H18O/c1-12-7-4-2-3-5-10(12)9-11(13)6-8-12/h6,8,10H,2-5,7,9H2,1H3/t10-,12-/m0/s1. The van der Waals surface area contributed by atoms with Gasteiger partial charge in [0.1, 0.15) is 0 Å². The summed E-state index contributed by atoms with van der Waals surface area (Å²) in [5, 5.41) is 0. The molecule has 1 heteroatoms. The molecule has 0 amide bonds. The van der Waals surface area contributed by atoms with Gasteiger partial charge in [-0.3, -0.25) is 4.79 Å². The predicted octanol–water partition coefficient (Wildman–Crippen LogP) is 3.10. The van der Waals surface area contributed by atoms with Gasteiger partial charge in [0, 0.05) is 6.42 Å². The Kier molecular flexibility index (Phi) is 2.27. The molecule has 0 bridgehead atoms. The van der Waals surface area contributed by atoms with Gasteiger partial charge >= 0.3 is 0 Å². The SMILES string of the molecule is C[C@]12C=CC(=O)C[C@@H]1CCCCC2. The van der Waals surface area contributed by atoms with Crippen LogP contribution in [0.25, 0.3) is 0 Å². The maximum atomic E-state index is 11.3. The summed E-state index contributed by atoms with van der Waals surface area (Å²) in [6, 6.07) is 0. The van der Waals surface area contributed by atoms with Gasteiger partial charge < -0.3 is 0 Å². The second kappa shape index (κ2) is 3.28. The molecular weight excluding hydrogens is 160 g/mol. The van der Waals surface area contributed by atoms with E-state index in [1.165, 1.54) is 32.1 Å². The van der Waals surface area contributed by atoms with Crippen molar-refractivity contribution in [3.63, 3.8) is 0 Å². The van der Waals surface area contributed by atoms with Crippen molar-refractivity contribution in [2.24, 2.45) is 11.3 Å². The topological polar surface area (TPSA) is 17.1 Å². The molecule has 1 saturated carbocycles. The van der Waals surface area contributed by atoms with Gasteiger partial charge in [0.05, 0.1) is 0 Å². The number of fused-ring (bicyclic) bond motifs is 1. The maximum absolute atomic E-state index is 11.3. The van der Waals surface area contributed by atoms with Gasteiger partial charge in [-0.15, -0.1) is 0 Å². The molecule has 2 aliphatic carbocycles. The Balaban J connectivity index is 2.22. The fourth-order valence-corrected chi connectivity index (χ4v) is 2.76. The molecule has 2 aliphatic rings. The molecule has 1 fully saturated rings. The minimum atomic E-state index is 0.337. The fraction of sp³-hybridized carbons (Fsp3) is 0.750. The third kappa shape index (κ3) is 1.70. The summed E-state index contributed by atoms with van der Waals surface area (Å²) in [6.45, 7) is 2.33. The summed E-state index contributed by atoms with van der Waals surface area (Å²) in [7, 11) is 0. The van der Waals surface area contributed by atoms with E-state index in [0.29, 0.717) is 17.1 Å². The molecule has 72 valence electrons. The Morgan fingerprint density at radius 2 is 2.23 bits per heavy atom. The Bertz CT molecular complexity index is 242. The van der Waals surface area contributed by atoms with Crippen LogP contribution in [0.3, 0.4) is 0 Å². The van der Waals surface area contributed by atoms with E-state index in [9.17, 15) is 4.79 Å². The zero-order valence-electron chi connectivity index (χ0n) is 8.38. The Labute approximate surface area is 80.2 Å². The molecule has 13 heavy (non-hydrogen) atoms. The number of rotatable bonds is 0. The molecule has 0 radical (unpaired) electrons. The van der Waals surface area contributed by atoms with E-state index in [2.05, 4.69) is 13.0 Å². The van der Waals surface area contributed by atoms with Gasteiger partial charge in [-0.05, 0) is 30.3 Å². The number of ketones is 1. The van der Waals surface area contributed by atoms with Crippen LogP contribution >= 0.6 is 0 Å². The molecule has 0 aromatic heterocycles. The normalized spacial score (nSPS) is 39.8. The van der Waals surface area contributed by atoms with Crippen molar-refractivity contribution < 1.29 is 4.79 Å². The molecule has 2 atom stereocenters. The minimum absolute atomic E-state index is 0.337. The quantitative estimate of drug-likeness (QED) is 0.557. The lowest BCUT2D eigenvalue weighted by atomic mass is 9.68. The highest BCUT2D eigenvalue weighted by molar-refractivity contribution is 5.90. The lowest BCUT2D eigenvalue weighted by molar-refractivity contribution is -0.117. The third-order valence-corrected chi connectivity index (χ3v) is 3.80. The van der Waals surface area contributed by atoms with Crippen LogP contribution in [0.4, 0.5) is 0 Å². The lowest BCUT2D eigenvalue weighted by Gasteiger charge is -2.35. The predicted molar refractivity (Wildman–Crippen MR) is 53.4 cm³/mol. The molecule has 0 saturated heterocycles. The summed E-state index contributed by atoms with van der Waals surface area (Å²) in [5.41, 5.74) is 0.338. The van der Waals surface area contributed by atoms with Crippen molar-refractivity contribution in [1.82, 2.24) is 0 Å². The van der Waals surface area contributed by atoms with Crippen molar-refractivity contribution >= 4 is 5.78 Å². The second-order valence-electron chi connectivity index (χ2n) is 4.81. The molecule has 0 aromatic carbocycles. The van der Waals surface area contributed by atoms with E-state index < -0.39 is 0 Å². The first-order valence-electron chi connectivity index (χ1n) is 5.43. The number of carbonyl (C=O) groups excluding carboxylic acids is 1. The molecular formula is C12H18O. The minimum Gasteiger partial charge on any atom is -0.295 e. The number of hydrogen-bond acceptors (Lipinski definition) is 1. The zero-order chi connectivity index (χ0) is 9.31. The summed E-state index contributed by atoms with van der Waals surface area (Å²) in [5.74, 6) is 0.969. The highest BCUT2D eigenvalue weighted by atomic mass is 16.1. The van der Waals surface area contributed by atoms with Gasteiger partial charge in [0.2, 0.25) is 0 Å². The molecule has 0 heterocycles. The smallest absolute Gasteiger partial charge is 0.155 e. The second-order valence-corrected chi connectivity index (χ2v) is 4.81. The number of allylic oxidation sites excluding steroid dienone is 2. The molecule has 0 aromatic rings. The van der Waals surface area contributed by atoms with E-state index in [1.54, 1.807) is 0 Å². The summed E-state index contributed by atoms with van der Waals surface area (Å²) < 4.78 is 0. The number of hydrogen-bond donors (Lipinski definition) is 0. The van der Waals surface area contributed by atoms with Crippen molar-refractivity contribution in [2.45, 2.75) is 45.4 Å². The lowest BCUT2D eigenvalue weighted by Crippen LogP contribution is -2.29. The fourth-order valence-electron chi connectivity index (χ4n) is 2.76. The van der Waals surface area contributed by atoms with Gasteiger partial charge in [-0.25, -0.2) is 0 Å². The van der Waals surface area contributed by atoms with Crippen LogP contribution in [0, 0.1) is 11.3 Å². The van der Waals surface area contributed by atoms with Crippen LogP contribution in [-0.2, 0) is 4.79 Å². The maximum Gasteiger partial charge on any atom is 0.155 e. The van der Waals surface area contributed by atoms with Crippen LogP contribution in [-0.4, -0.2) is 5.78 Å². The van der Waals surface area contributed by atoms with Crippen LogP contribution in [0.2, 0.25) is 0 Å². The summed E-state index contributed by atoms with van der Waals surface area (Å²) in [6.07, 6.45) is 11.3. The molecule has 0 N–H and O–H groups in total. The zero-order valence-corrected chi connectivity index (χ0v) is 8.38. The van der Waals surface area contributed by atoms with Crippen molar-refractivity contribution in [3.05, 3.63) is 12.2 Å². The monoisotopic (exact) mass is 178 g/mol. The Hall–Kier alpha value is -0.590. The van der Waals surface area contributed by atoms with Crippen LogP contribution < -0.4 is 0 Å². The highest BCUT2D eigenvalue weighted by Crippen LogP contribution is 2.44. The van der Waals surface area contributed by atoms with E-state index in [0.717, 1.165) is 6.42 Å². The Morgan fingerprint density at radius 3 is 3.08 bits per heavy atom.